The maximum Gasteiger partial charge on any atom is 0.106 e. The highest BCUT2D eigenvalue weighted by molar-refractivity contribution is 6.05. The Morgan fingerprint density at radius 2 is 1.30 bits per heavy atom. The third kappa shape index (κ3) is 5.71. The van der Waals surface area contributed by atoms with Crippen LogP contribution >= 0.6 is 0 Å². The number of aromatic nitrogens is 3. The summed E-state index contributed by atoms with van der Waals surface area (Å²) in [6.07, 6.45) is 8.83. The van der Waals surface area contributed by atoms with Crippen LogP contribution in [0.15, 0.2) is 133 Å². The minimum atomic E-state index is 0.211. The summed E-state index contributed by atoms with van der Waals surface area (Å²) in [6.45, 7) is 4.08. The van der Waals surface area contributed by atoms with E-state index in [0.717, 1.165) is 79.7 Å². The number of hydrogen-bond acceptors (Lipinski definition) is 3. The van der Waals surface area contributed by atoms with Gasteiger partial charge in [-0.25, -0.2) is 4.98 Å². The molecule has 3 aromatic heterocycles. The van der Waals surface area contributed by atoms with Gasteiger partial charge in [-0.3, -0.25) is 9.97 Å². The molecular weight excluding hydrogens is 571 g/mol. The lowest BCUT2D eigenvalue weighted by Crippen LogP contribution is -1.98. The molecule has 0 radical (unpaired) electrons. The largest absolute Gasteiger partial charge is 0.250 e. The van der Waals surface area contributed by atoms with Gasteiger partial charge in [-0.2, -0.15) is 0 Å². The van der Waals surface area contributed by atoms with Crippen molar-refractivity contribution in [3.05, 3.63) is 168 Å². The average molecular weight is 604 g/mol. The minimum Gasteiger partial charge on any atom is -0.250 e. The zero-order valence-corrected chi connectivity index (χ0v) is 26.5. The number of rotatable bonds is 5. The first-order chi connectivity index (χ1) is 23.1. The summed E-state index contributed by atoms with van der Waals surface area (Å²) in [5, 5.41) is 1.92. The van der Waals surface area contributed by atoms with Crippen molar-refractivity contribution in [3.63, 3.8) is 0 Å². The van der Waals surface area contributed by atoms with Crippen LogP contribution in [0.3, 0.4) is 0 Å². The van der Waals surface area contributed by atoms with Gasteiger partial charge in [0.25, 0.3) is 0 Å². The summed E-state index contributed by atoms with van der Waals surface area (Å²) in [7, 11) is 0. The molecule has 47 heavy (non-hydrogen) atoms. The Morgan fingerprint density at radius 1 is 0.574 bits per heavy atom. The SMILES string of the molecule is Cc1ccc2c#cc3c(C4=CC(c5cccc(-c6cc(-c7ccccc7)cc(-c7ccccc7)n6)c5)CC=CC4)cc(C)nc3c2n1. The predicted molar refractivity (Wildman–Crippen MR) is 194 cm³/mol. The highest BCUT2D eigenvalue weighted by Crippen LogP contribution is 2.37. The Hall–Kier alpha value is -5.85. The van der Waals surface area contributed by atoms with E-state index in [1.54, 1.807) is 0 Å². The van der Waals surface area contributed by atoms with Crippen molar-refractivity contribution in [2.75, 3.05) is 0 Å². The molecular formula is C44H33N3. The first-order valence-corrected chi connectivity index (χ1v) is 16.2. The first kappa shape index (κ1) is 28.6. The number of fused-ring (bicyclic) bond motifs is 3. The van der Waals surface area contributed by atoms with Crippen molar-refractivity contribution in [3.8, 4) is 33.6 Å². The van der Waals surface area contributed by atoms with Gasteiger partial charge in [-0.1, -0.05) is 109 Å². The Bertz CT molecular complexity index is 2260. The summed E-state index contributed by atoms with van der Waals surface area (Å²) in [6, 6.07) is 47.4. The van der Waals surface area contributed by atoms with Crippen LogP contribution in [0, 0.1) is 26.0 Å². The van der Waals surface area contributed by atoms with Gasteiger partial charge in [0.1, 0.15) is 11.0 Å². The highest BCUT2D eigenvalue weighted by Gasteiger charge is 2.18. The summed E-state index contributed by atoms with van der Waals surface area (Å²) in [5.41, 5.74) is 13.9. The van der Waals surface area contributed by atoms with Crippen LogP contribution in [-0.4, -0.2) is 15.0 Å². The average Bonchev–Trinajstić information content (AvgIpc) is 3.38. The Balaban J connectivity index is 1.22. The van der Waals surface area contributed by atoms with E-state index in [-0.39, 0.29) is 5.92 Å². The topological polar surface area (TPSA) is 38.7 Å². The van der Waals surface area contributed by atoms with Crippen molar-refractivity contribution < 1.29 is 0 Å². The number of benzene rings is 3. The van der Waals surface area contributed by atoms with E-state index in [0.29, 0.717) is 0 Å². The van der Waals surface area contributed by atoms with Crippen molar-refractivity contribution in [2.45, 2.75) is 32.6 Å². The van der Waals surface area contributed by atoms with Gasteiger partial charge in [0.2, 0.25) is 0 Å². The van der Waals surface area contributed by atoms with Crippen LogP contribution < -0.4 is 0 Å². The van der Waals surface area contributed by atoms with Gasteiger partial charge < -0.3 is 0 Å². The van der Waals surface area contributed by atoms with Gasteiger partial charge in [-0.15, -0.1) is 0 Å². The summed E-state index contributed by atoms with van der Waals surface area (Å²) < 4.78 is 0. The third-order valence-corrected chi connectivity index (χ3v) is 8.98. The summed E-state index contributed by atoms with van der Waals surface area (Å²) in [4.78, 5) is 15.0. The van der Waals surface area contributed by atoms with E-state index in [1.807, 2.05) is 19.1 Å². The lowest BCUT2D eigenvalue weighted by molar-refractivity contribution is 0.869. The minimum absolute atomic E-state index is 0.211. The van der Waals surface area contributed by atoms with Crippen molar-refractivity contribution in [2.24, 2.45) is 0 Å². The highest BCUT2D eigenvalue weighted by atomic mass is 14.8. The van der Waals surface area contributed by atoms with Crippen molar-refractivity contribution >= 4 is 27.4 Å². The maximum absolute atomic E-state index is 5.19. The molecule has 3 heteroatoms. The molecule has 1 unspecified atom stereocenters. The van der Waals surface area contributed by atoms with Gasteiger partial charge >= 0.3 is 0 Å². The van der Waals surface area contributed by atoms with Crippen LogP contribution in [0.4, 0.5) is 0 Å². The molecule has 1 atom stereocenters. The van der Waals surface area contributed by atoms with Crippen LogP contribution in [-0.2, 0) is 0 Å². The number of aryl methyl sites for hydroxylation is 2. The molecule has 0 saturated carbocycles. The van der Waals surface area contributed by atoms with Gasteiger partial charge in [0.15, 0.2) is 0 Å². The molecule has 0 N–H and O–H groups in total. The smallest absolute Gasteiger partial charge is 0.106 e. The molecule has 1 aliphatic carbocycles. The first-order valence-electron chi connectivity index (χ1n) is 16.2. The summed E-state index contributed by atoms with van der Waals surface area (Å²) >= 11 is 0. The predicted octanol–water partition coefficient (Wildman–Crippen LogP) is 10.9. The quantitative estimate of drug-likeness (QED) is 0.184. The lowest BCUT2D eigenvalue weighted by Gasteiger charge is -2.16. The maximum atomic E-state index is 5.19. The fraction of sp³-hybridized carbons (Fsp3) is 0.114. The van der Waals surface area contributed by atoms with Crippen LogP contribution in [0.25, 0.3) is 61.0 Å². The normalized spacial score (nSPS) is 14.5. The van der Waals surface area contributed by atoms with E-state index in [2.05, 4.69) is 140 Å². The lowest BCUT2D eigenvalue weighted by atomic mass is 9.90. The fourth-order valence-electron chi connectivity index (χ4n) is 6.62. The molecule has 0 bridgehead atoms. The van der Waals surface area contributed by atoms with E-state index in [4.69, 9.17) is 15.0 Å². The molecule has 0 saturated heterocycles. The van der Waals surface area contributed by atoms with E-state index in [9.17, 15) is 0 Å². The van der Waals surface area contributed by atoms with E-state index in [1.165, 1.54) is 16.7 Å². The Morgan fingerprint density at radius 3 is 2.11 bits per heavy atom. The molecule has 3 nitrogen and oxygen atoms in total. The third-order valence-electron chi connectivity index (χ3n) is 8.98. The second-order valence-electron chi connectivity index (χ2n) is 12.3. The summed E-state index contributed by atoms with van der Waals surface area (Å²) in [5.74, 6) is 0.211. The second kappa shape index (κ2) is 12.2. The molecule has 224 valence electrons. The molecule has 7 aromatic rings. The standard InChI is InChI=1S/C44H33N3/c1-29-20-21-33-22-23-39-40(24-30(2)46-44(39)43(33)45-29)36-17-10-9-16-34(25-36)35-18-11-19-37(26-35)42-28-38(31-12-5-3-6-13-31)27-41(47-42)32-14-7-4-8-15-32/h3-15,18-21,24-28,34H,16-17H2,1-2H3. The zero-order valence-electron chi connectivity index (χ0n) is 26.5. The van der Waals surface area contributed by atoms with E-state index >= 15 is 0 Å². The number of hydrogen-bond donors (Lipinski definition) is 0. The Labute approximate surface area is 276 Å². The van der Waals surface area contributed by atoms with Crippen molar-refractivity contribution in [1.82, 2.24) is 15.0 Å². The van der Waals surface area contributed by atoms with E-state index < -0.39 is 0 Å². The molecule has 0 aliphatic heterocycles. The number of pyridine rings is 3. The van der Waals surface area contributed by atoms with Crippen LogP contribution in [0.2, 0.25) is 0 Å². The molecule has 1 aliphatic rings. The second-order valence-corrected chi connectivity index (χ2v) is 12.3. The Kier molecular flexibility index (Phi) is 7.40. The van der Waals surface area contributed by atoms with Crippen molar-refractivity contribution in [1.29, 1.82) is 0 Å². The molecule has 0 amide bonds. The zero-order chi connectivity index (χ0) is 31.7. The molecule has 0 spiro atoms. The van der Waals surface area contributed by atoms with Gasteiger partial charge in [0.05, 0.1) is 22.2 Å². The molecule has 4 aromatic carbocycles. The monoisotopic (exact) mass is 603 g/mol. The number of nitrogens with zero attached hydrogens (tertiary/aromatic N) is 3. The van der Waals surface area contributed by atoms with Crippen LogP contribution in [0.1, 0.15) is 41.3 Å². The van der Waals surface area contributed by atoms with Gasteiger partial charge in [0, 0.05) is 28.4 Å². The number of allylic oxidation sites excluding steroid dienone is 4. The van der Waals surface area contributed by atoms with Crippen LogP contribution in [0.5, 0.6) is 0 Å². The molecule has 0 fully saturated rings. The van der Waals surface area contributed by atoms with Gasteiger partial charge in [-0.05, 0) is 90.9 Å². The molecule has 3 heterocycles. The molecule has 8 rings (SSSR count). The fourth-order valence-corrected chi connectivity index (χ4v) is 6.62.